The van der Waals surface area contributed by atoms with Crippen LogP contribution in [0.2, 0.25) is 0 Å². The third-order valence-electron chi connectivity index (χ3n) is 6.38. The summed E-state index contributed by atoms with van der Waals surface area (Å²) < 4.78 is 78.6. The van der Waals surface area contributed by atoms with Gasteiger partial charge in [-0.15, -0.1) is 0 Å². The van der Waals surface area contributed by atoms with Crippen LogP contribution >= 0.6 is 15.9 Å². The maximum atomic E-state index is 15.6. The number of carbonyl (C=O) groups is 1. The van der Waals surface area contributed by atoms with Crippen molar-refractivity contribution < 1.29 is 41.3 Å². The fourth-order valence-electron chi connectivity index (χ4n) is 4.52. The SMILES string of the molecule is COc1cc(NC(=O)OC(C)(C)C)cnc1-c1c(Br)c2ncnc(OCC(F)(F)F)c2n1-c1ccc(OCc2ccccc2)c(F)c1. The van der Waals surface area contributed by atoms with Crippen LogP contribution < -0.4 is 19.5 Å². The predicted octanol–water partition coefficient (Wildman–Crippen LogP) is 8.26. The average Bonchev–Trinajstić information content (AvgIpc) is 3.31. The van der Waals surface area contributed by atoms with Crippen LogP contribution in [0.4, 0.5) is 28.0 Å². The lowest BCUT2D eigenvalue weighted by Crippen LogP contribution is -2.27. The number of ether oxygens (including phenoxy) is 4. The maximum absolute atomic E-state index is 15.6. The molecule has 0 aliphatic rings. The number of alkyl halides is 3. The van der Waals surface area contributed by atoms with Gasteiger partial charge in [0.05, 0.1) is 29.2 Å². The minimum absolute atomic E-state index is 0.00390. The summed E-state index contributed by atoms with van der Waals surface area (Å²) in [5.41, 5.74) is 0.995. The fraction of sp³-hybridized carbons (Fsp3) is 0.250. The molecule has 3 heterocycles. The van der Waals surface area contributed by atoms with Crippen molar-refractivity contribution in [2.24, 2.45) is 0 Å². The first kappa shape index (κ1) is 33.4. The van der Waals surface area contributed by atoms with Crippen LogP contribution in [0.1, 0.15) is 26.3 Å². The summed E-state index contributed by atoms with van der Waals surface area (Å²) in [4.78, 5) is 25.1. The van der Waals surface area contributed by atoms with Crippen molar-refractivity contribution in [3.63, 3.8) is 0 Å². The number of halogens is 5. The highest BCUT2D eigenvalue weighted by Gasteiger charge is 2.31. The maximum Gasteiger partial charge on any atom is 0.422 e. The smallest absolute Gasteiger partial charge is 0.422 e. The average molecular weight is 719 g/mol. The number of rotatable bonds is 9. The number of hydrogen-bond donors (Lipinski definition) is 1. The Morgan fingerprint density at radius 2 is 1.72 bits per heavy atom. The molecule has 0 atom stereocenters. The van der Waals surface area contributed by atoms with Crippen molar-refractivity contribution in [3.8, 4) is 34.5 Å². The number of fused-ring (bicyclic) bond motifs is 1. The van der Waals surface area contributed by atoms with E-state index in [4.69, 9.17) is 18.9 Å². The second-order valence-corrected chi connectivity index (χ2v) is 11.9. The van der Waals surface area contributed by atoms with Crippen LogP contribution in [0.15, 0.2) is 71.6 Å². The molecule has 0 fully saturated rings. The highest BCUT2D eigenvalue weighted by Crippen LogP contribution is 2.44. The van der Waals surface area contributed by atoms with Crippen molar-refractivity contribution in [2.45, 2.75) is 39.2 Å². The molecule has 1 N–H and O–H groups in total. The third-order valence-corrected chi connectivity index (χ3v) is 7.13. The molecule has 0 spiro atoms. The summed E-state index contributed by atoms with van der Waals surface area (Å²) in [6.07, 6.45) is -3.01. The summed E-state index contributed by atoms with van der Waals surface area (Å²) in [5.74, 6) is -1.05. The molecule has 0 saturated carbocycles. The number of nitrogens with one attached hydrogen (secondary N) is 1. The van der Waals surface area contributed by atoms with E-state index in [2.05, 4.69) is 36.2 Å². The number of amides is 1. The molecule has 0 unspecified atom stereocenters. The predicted molar refractivity (Wildman–Crippen MR) is 168 cm³/mol. The van der Waals surface area contributed by atoms with E-state index in [1.165, 1.54) is 36.1 Å². The first-order valence-electron chi connectivity index (χ1n) is 14.0. The minimum Gasteiger partial charge on any atom is -0.494 e. The number of aromatic nitrogens is 4. The molecule has 15 heteroatoms. The zero-order valence-electron chi connectivity index (χ0n) is 25.5. The molecular weight excluding hydrogens is 690 g/mol. The Morgan fingerprint density at radius 1 is 0.979 bits per heavy atom. The van der Waals surface area contributed by atoms with Gasteiger partial charge in [-0.25, -0.2) is 19.2 Å². The molecule has 0 bridgehead atoms. The number of anilines is 1. The van der Waals surface area contributed by atoms with E-state index in [0.717, 1.165) is 18.0 Å². The van der Waals surface area contributed by atoms with Gasteiger partial charge in [0.2, 0.25) is 5.88 Å². The molecule has 0 radical (unpaired) electrons. The minimum atomic E-state index is -4.67. The van der Waals surface area contributed by atoms with Crippen LogP contribution in [-0.2, 0) is 11.3 Å². The Bertz CT molecular complexity index is 1910. The summed E-state index contributed by atoms with van der Waals surface area (Å²) >= 11 is 3.51. The largest absolute Gasteiger partial charge is 0.494 e. The van der Waals surface area contributed by atoms with Crippen molar-refractivity contribution >= 4 is 38.7 Å². The third kappa shape index (κ3) is 7.91. The number of nitrogens with zero attached hydrogens (tertiary/aromatic N) is 4. The zero-order valence-corrected chi connectivity index (χ0v) is 27.1. The van der Waals surface area contributed by atoms with Crippen LogP contribution in [0.25, 0.3) is 28.1 Å². The highest BCUT2D eigenvalue weighted by atomic mass is 79.9. The van der Waals surface area contributed by atoms with Crippen LogP contribution in [-0.4, -0.2) is 51.1 Å². The topological polar surface area (TPSA) is 110 Å². The summed E-state index contributed by atoms with van der Waals surface area (Å²) in [6, 6.07) is 14.7. The van der Waals surface area contributed by atoms with Crippen LogP contribution in [0.3, 0.4) is 0 Å². The molecule has 246 valence electrons. The van der Waals surface area contributed by atoms with E-state index in [1.54, 1.807) is 20.8 Å². The molecule has 1 amide bonds. The molecule has 0 aliphatic carbocycles. The fourth-order valence-corrected chi connectivity index (χ4v) is 5.18. The van der Waals surface area contributed by atoms with Gasteiger partial charge in [0.15, 0.2) is 18.2 Å². The van der Waals surface area contributed by atoms with E-state index in [-0.39, 0.29) is 56.4 Å². The van der Waals surface area contributed by atoms with Gasteiger partial charge < -0.3 is 23.5 Å². The molecule has 47 heavy (non-hydrogen) atoms. The van der Waals surface area contributed by atoms with E-state index < -0.39 is 36.2 Å². The summed E-state index contributed by atoms with van der Waals surface area (Å²) in [5, 5.41) is 2.58. The molecule has 3 aromatic heterocycles. The molecule has 2 aromatic carbocycles. The van der Waals surface area contributed by atoms with Gasteiger partial charge in [0, 0.05) is 17.8 Å². The number of methoxy groups -OCH3 is 1. The van der Waals surface area contributed by atoms with Gasteiger partial charge in [0.25, 0.3) is 0 Å². The molecule has 10 nitrogen and oxygen atoms in total. The Labute approximate surface area is 274 Å². The van der Waals surface area contributed by atoms with E-state index in [1.807, 2.05) is 30.3 Å². The second-order valence-electron chi connectivity index (χ2n) is 11.1. The summed E-state index contributed by atoms with van der Waals surface area (Å²) in [7, 11) is 1.37. The number of hydrogen-bond acceptors (Lipinski definition) is 8. The van der Waals surface area contributed by atoms with E-state index in [9.17, 15) is 18.0 Å². The number of pyridine rings is 1. The van der Waals surface area contributed by atoms with Gasteiger partial charge in [0.1, 0.15) is 41.0 Å². The molecule has 5 rings (SSSR count). The monoisotopic (exact) mass is 717 g/mol. The highest BCUT2D eigenvalue weighted by molar-refractivity contribution is 9.10. The molecular formula is C32H28BrF4N5O5. The van der Waals surface area contributed by atoms with Crippen molar-refractivity contribution in [3.05, 3.63) is 83.0 Å². The van der Waals surface area contributed by atoms with E-state index >= 15 is 4.39 Å². The van der Waals surface area contributed by atoms with Gasteiger partial charge in [-0.1, -0.05) is 30.3 Å². The quantitative estimate of drug-likeness (QED) is 0.152. The van der Waals surface area contributed by atoms with Crippen LogP contribution in [0, 0.1) is 5.82 Å². The Hall–Kier alpha value is -4.92. The van der Waals surface area contributed by atoms with E-state index in [0.29, 0.717) is 0 Å². The molecule has 5 aromatic rings. The normalized spacial score (nSPS) is 11.8. The van der Waals surface area contributed by atoms with Gasteiger partial charge in [-0.05, 0) is 54.4 Å². The summed E-state index contributed by atoms with van der Waals surface area (Å²) in [6.45, 7) is 3.61. The number of carbonyl (C=O) groups excluding carboxylic acids is 1. The lowest BCUT2D eigenvalue weighted by atomic mass is 10.2. The Kier molecular flexibility index (Phi) is 9.56. The Morgan fingerprint density at radius 3 is 2.38 bits per heavy atom. The van der Waals surface area contributed by atoms with Crippen molar-refractivity contribution in [2.75, 3.05) is 19.0 Å². The lowest BCUT2D eigenvalue weighted by Gasteiger charge is -2.20. The van der Waals surface area contributed by atoms with Gasteiger partial charge in [-0.3, -0.25) is 5.32 Å². The van der Waals surface area contributed by atoms with Gasteiger partial charge in [-0.2, -0.15) is 18.2 Å². The second kappa shape index (κ2) is 13.4. The van der Waals surface area contributed by atoms with Crippen LogP contribution in [0.5, 0.6) is 17.4 Å². The Balaban J connectivity index is 1.64. The first-order valence-corrected chi connectivity index (χ1v) is 14.8. The molecule has 0 saturated heterocycles. The standard InChI is InChI=1S/C32H28BrF4N5O5/c1-31(2,3)47-30(43)41-19-12-23(44-4)25(38-14-19)27-24(33)26-28(29(40-17-39-26)46-16-32(35,36)37)42(27)20-10-11-22(21(34)13-20)45-15-18-8-6-5-7-9-18/h5-14,17H,15-16H2,1-4H3,(H,41,43). The lowest BCUT2D eigenvalue weighted by molar-refractivity contribution is -0.153. The number of benzene rings is 2. The van der Waals surface area contributed by atoms with Gasteiger partial charge >= 0.3 is 12.3 Å². The first-order chi connectivity index (χ1) is 22.2. The molecule has 0 aliphatic heterocycles. The zero-order chi connectivity index (χ0) is 33.9. The van der Waals surface area contributed by atoms with Crippen molar-refractivity contribution in [1.29, 1.82) is 0 Å². The van der Waals surface area contributed by atoms with Crippen molar-refractivity contribution in [1.82, 2.24) is 19.5 Å².